The van der Waals surface area contributed by atoms with Crippen molar-refractivity contribution in [3.8, 4) is 0 Å². The Morgan fingerprint density at radius 1 is 1.30 bits per heavy atom. The summed E-state index contributed by atoms with van der Waals surface area (Å²) in [5.41, 5.74) is 2.33. The maximum atomic E-state index is 13.2. The third-order valence-electron chi connectivity index (χ3n) is 3.31. The van der Waals surface area contributed by atoms with Gasteiger partial charge in [0, 0.05) is 16.3 Å². The molecule has 1 atom stereocenters. The number of nitrogens with one attached hydrogen (secondary N) is 1. The molecule has 1 heterocycles. The molecule has 5 heteroatoms. The first kappa shape index (κ1) is 13.1. The Labute approximate surface area is 120 Å². The second-order valence-electron chi connectivity index (χ2n) is 4.71. The van der Waals surface area contributed by atoms with Crippen molar-refractivity contribution in [2.75, 3.05) is 5.32 Å². The fourth-order valence-corrected chi connectivity index (χ4v) is 2.60. The van der Waals surface area contributed by atoms with Crippen LogP contribution in [0.4, 0.5) is 10.1 Å². The van der Waals surface area contributed by atoms with Gasteiger partial charge in [-0.3, -0.25) is 4.79 Å². The van der Waals surface area contributed by atoms with Crippen LogP contribution in [0.1, 0.15) is 22.8 Å². The Morgan fingerprint density at radius 3 is 2.85 bits per heavy atom. The molecule has 0 spiro atoms. The van der Waals surface area contributed by atoms with Gasteiger partial charge in [-0.2, -0.15) is 0 Å². The predicted molar refractivity (Wildman–Crippen MR) is 74.2 cm³/mol. The Morgan fingerprint density at radius 2 is 2.10 bits per heavy atom. The highest BCUT2D eigenvalue weighted by atomic mass is 35.5. The lowest BCUT2D eigenvalue weighted by Crippen LogP contribution is -2.03. The molecule has 20 heavy (non-hydrogen) atoms. The molecule has 0 saturated heterocycles. The zero-order chi connectivity index (χ0) is 14.3. The quantitative estimate of drug-likeness (QED) is 0.893. The molecule has 2 N–H and O–H groups in total. The van der Waals surface area contributed by atoms with Crippen LogP contribution in [-0.4, -0.2) is 11.0 Å². The molecule has 102 valence electrons. The number of aliphatic hydroxyl groups excluding tert-OH is 1. The summed E-state index contributed by atoms with van der Waals surface area (Å²) in [6.45, 7) is 0. The monoisotopic (exact) mass is 291 g/mol. The van der Waals surface area contributed by atoms with E-state index in [0.29, 0.717) is 21.8 Å². The second kappa shape index (κ2) is 4.89. The maximum Gasteiger partial charge on any atom is 0.228 e. The van der Waals surface area contributed by atoms with Crippen LogP contribution in [0, 0.1) is 5.82 Å². The van der Waals surface area contributed by atoms with Gasteiger partial charge in [0.05, 0.1) is 6.42 Å². The summed E-state index contributed by atoms with van der Waals surface area (Å²) >= 11 is 6.14. The summed E-state index contributed by atoms with van der Waals surface area (Å²) in [4.78, 5) is 11.3. The molecule has 1 aliphatic heterocycles. The number of rotatable bonds is 2. The number of aliphatic hydroxyl groups is 1. The summed E-state index contributed by atoms with van der Waals surface area (Å²) in [6, 6.07) is 9.02. The van der Waals surface area contributed by atoms with E-state index in [1.54, 1.807) is 18.2 Å². The van der Waals surface area contributed by atoms with Crippen molar-refractivity contribution in [3.63, 3.8) is 0 Å². The number of benzene rings is 2. The van der Waals surface area contributed by atoms with Crippen LogP contribution in [0.3, 0.4) is 0 Å². The minimum absolute atomic E-state index is 0.103. The van der Waals surface area contributed by atoms with Gasteiger partial charge in [-0.25, -0.2) is 4.39 Å². The average molecular weight is 292 g/mol. The number of anilines is 1. The lowest BCUT2D eigenvalue weighted by atomic mass is 9.98. The molecule has 1 unspecified atom stereocenters. The number of amides is 1. The van der Waals surface area contributed by atoms with Gasteiger partial charge in [0.1, 0.15) is 11.9 Å². The van der Waals surface area contributed by atoms with Crippen molar-refractivity contribution in [1.82, 2.24) is 0 Å². The number of fused-ring (bicyclic) bond motifs is 1. The van der Waals surface area contributed by atoms with Crippen LogP contribution in [0.15, 0.2) is 36.4 Å². The number of hydrogen-bond donors (Lipinski definition) is 2. The first-order chi connectivity index (χ1) is 9.54. The molecule has 0 fully saturated rings. The van der Waals surface area contributed by atoms with Crippen LogP contribution >= 0.6 is 11.6 Å². The highest BCUT2D eigenvalue weighted by Gasteiger charge is 2.22. The molecule has 3 nitrogen and oxygen atoms in total. The number of carbonyl (C=O) groups is 1. The minimum atomic E-state index is -1.03. The maximum absolute atomic E-state index is 13.2. The third-order valence-corrected chi connectivity index (χ3v) is 3.63. The average Bonchev–Trinajstić information content (AvgIpc) is 2.76. The Bertz CT molecular complexity index is 702. The van der Waals surface area contributed by atoms with Crippen molar-refractivity contribution >= 4 is 23.2 Å². The van der Waals surface area contributed by atoms with Gasteiger partial charge < -0.3 is 10.4 Å². The van der Waals surface area contributed by atoms with Gasteiger partial charge in [0.2, 0.25) is 5.91 Å². The molecule has 0 aromatic heterocycles. The van der Waals surface area contributed by atoms with Crippen molar-refractivity contribution < 1.29 is 14.3 Å². The van der Waals surface area contributed by atoms with Crippen molar-refractivity contribution in [3.05, 3.63) is 63.9 Å². The zero-order valence-electron chi connectivity index (χ0n) is 10.4. The summed E-state index contributed by atoms with van der Waals surface area (Å²) in [7, 11) is 0. The summed E-state index contributed by atoms with van der Waals surface area (Å²) in [5.74, 6) is -0.524. The van der Waals surface area contributed by atoms with Crippen molar-refractivity contribution in [1.29, 1.82) is 0 Å². The van der Waals surface area contributed by atoms with E-state index < -0.39 is 11.9 Å². The Kier molecular flexibility index (Phi) is 3.20. The number of hydrogen-bond acceptors (Lipinski definition) is 2. The van der Waals surface area contributed by atoms with Gasteiger partial charge in [0.25, 0.3) is 0 Å². The first-order valence-electron chi connectivity index (χ1n) is 6.10. The molecular weight excluding hydrogens is 281 g/mol. The van der Waals surface area contributed by atoms with Gasteiger partial charge in [-0.15, -0.1) is 0 Å². The fourth-order valence-electron chi connectivity index (χ4n) is 2.33. The smallest absolute Gasteiger partial charge is 0.228 e. The second-order valence-corrected chi connectivity index (χ2v) is 5.12. The van der Waals surface area contributed by atoms with Crippen LogP contribution in [0.2, 0.25) is 5.02 Å². The number of halogens is 2. The number of carbonyl (C=O) groups excluding carboxylic acids is 1. The first-order valence-corrected chi connectivity index (χ1v) is 6.48. The van der Waals surface area contributed by atoms with Crippen LogP contribution < -0.4 is 5.32 Å². The third kappa shape index (κ3) is 2.28. The molecular formula is C15H11ClFNO2. The molecule has 0 aliphatic carbocycles. The van der Waals surface area contributed by atoms with Crippen molar-refractivity contribution in [2.24, 2.45) is 0 Å². The van der Waals surface area contributed by atoms with E-state index in [1.807, 2.05) is 0 Å². The van der Waals surface area contributed by atoms with E-state index in [-0.39, 0.29) is 12.3 Å². The highest BCUT2D eigenvalue weighted by molar-refractivity contribution is 6.32. The lowest BCUT2D eigenvalue weighted by molar-refractivity contribution is -0.115. The Balaban J connectivity index is 2.02. The summed E-state index contributed by atoms with van der Waals surface area (Å²) in [5, 5.41) is 13.4. The van der Waals surface area contributed by atoms with E-state index in [1.165, 1.54) is 18.2 Å². The predicted octanol–water partition coefficient (Wildman–Crippen LogP) is 3.06. The molecule has 3 rings (SSSR count). The van der Waals surface area contributed by atoms with E-state index >= 15 is 0 Å². The van der Waals surface area contributed by atoms with Crippen LogP contribution in [0.25, 0.3) is 0 Å². The molecule has 2 aromatic rings. The van der Waals surface area contributed by atoms with Crippen molar-refractivity contribution in [2.45, 2.75) is 12.5 Å². The van der Waals surface area contributed by atoms with E-state index in [2.05, 4.69) is 5.32 Å². The normalized spacial score (nSPS) is 14.8. The molecule has 1 amide bonds. The van der Waals surface area contributed by atoms with Crippen LogP contribution in [0.5, 0.6) is 0 Å². The summed E-state index contributed by atoms with van der Waals surface area (Å²) in [6.07, 6.45) is -0.769. The molecule has 0 radical (unpaired) electrons. The van der Waals surface area contributed by atoms with Crippen LogP contribution in [-0.2, 0) is 11.2 Å². The summed E-state index contributed by atoms with van der Waals surface area (Å²) < 4.78 is 13.2. The molecule has 0 saturated carbocycles. The SMILES string of the molecule is O=C1Cc2cc(C(O)c3cccc(F)c3)c(Cl)cc2N1. The standard InChI is InChI=1S/C15H11ClFNO2/c16-12-7-13-9(6-14(19)18-13)5-11(12)15(20)8-2-1-3-10(17)4-8/h1-5,7,15,20H,6H2,(H,18,19). The Hall–Kier alpha value is -1.91. The molecule has 1 aliphatic rings. The molecule has 2 aromatic carbocycles. The van der Waals surface area contributed by atoms with Gasteiger partial charge in [-0.1, -0.05) is 23.7 Å². The highest BCUT2D eigenvalue weighted by Crippen LogP contribution is 2.35. The largest absolute Gasteiger partial charge is 0.384 e. The fraction of sp³-hybridized carbons (Fsp3) is 0.133. The minimum Gasteiger partial charge on any atom is -0.384 e. The van der Waals surface area contributed by atoms with Gasteiger partial charge >= 0.3 is 0 Å². The zero-order valence-corrected chi connectivity index (χ0v) is 11.1. The topological polar surface area (TPSA) is 49.3 Å². The lowest BCUT2D eigenvalue weighted by Gasteiger charge is -2.14. The van der Waals surface area contributed by atoms with E-state index in [0.717, 1.165) is 5.56 Å². The van der Waals surface area contributed by atoms with E-state index in [9.17, 15) is 14.3 Å². The molecule has 0 bridgehead atoms. The van der Waals surface area contributed by atoms with Gasteiger partial charge in [0.15, 0.2) is 0 Å². The van der Waals surface area contributed by atoms with Gasteiger partial charge in [-0.05, 0) is 35.4 Å². The van der Waals surface area contributed by atoms with E-state index in [4.69, 9.17) is 11.6 Å².